The molecule has 0 saturated carbocycles. The molecule has 0 fully saturated rings. The van der Waals surface area contributed by atoms with E-state index in [2.05, 4.69) is 0 Å². The molecule has 0 radical (unpaired) electrons. The zero-order valence-corrected chi connectivity index (χ0v) is 11.4. The summed E-state index contributed by atoms with van der Waals surface area (Å²) in [4.78, 5) is 11.1. The van der Waals surface area contributed by atoms with Crippen molar-refractivity contribution in [2.24, 2.45) is 0 Å². The zero-order valence-electron chi connectivity index (χ0n) is 10.7. The molecule has 0 aliphatic rings. The Morgan fingerprint density at radius 3 is 2.70 bits per heavy atom. The second-order valence-electron chi connectivity index (χ2n) is 4.65. The zero-order chi connectivity index (χ0) is 14.3. The van der Waals surface area contributed by atoms with E-state index in [0.29, 0.717) is 11.3 Å². The van der Waals surface area contributed by atoms with E-state index >= 15 is 0 Å². The van der Waals surface area contributed by atoms with Crippen LogP contribution in [-0.2, 0) is 0 Å². The van der Waals surface area contributed by atoms with Gasteiger partial charge in [-0.05, 0) is 43.3 Å². The third-order valence-corrected chi connectivity index (χ3v) is 3.48. The van der Waals surface area contributed by atoms with Crippen LogP contribution in [0.3, 0.4) is 0 Å². The van der Waals surface area contributed by atoms with Gasteiger partial charge in [-0.3, -0.25) is 0 Å². The van der Waals surface area contributed by atoms with Crippen molar-refractivity contribution in [2.75, 3.05) is 0 Å². The second-order valence-corrected chi connectivity index (χ2v) is 5.06. The highest BCUT2D eigenvalue weighted by Crippen LogP contribution is 2.30. The minimum atomic E-state index is -1.05. The summed E-state index contributed by atoms with van der Waals surface area (Å²) in [6.45, 7) is 2.01. The highest BCUT2D eigenvalue weighted by Gasteiger charge is 2.12. The predicted octanol–water partition coefficient (Wildman–Crippen LogP) is 4.76. The number of rotatable bonds is 2. The summed E-state index contributed by atoms with van der Waals surface area (Å²) >= 11 is 5.87. The molecule has 1 aromatic heterocycles. The van der Waals surface area contributed by atoms with Crippen LogP contribution in [0.5, 0.6) is 0 Å². The van der Waals surface area contributed by atoms with Crippen LogP contribution < -0.4 is 0 Å². The Kier molecular flexibility index (Phi) is 2.99. The molecule has 0 spiro atoms. The number of furan rings is 1. The molecular formula is C16H11ClO3. The van der Waals surface area contributed by atoms with Crippen molar-refractivity contribution in [1.82, 2.24) is 0 Å². The molecule has 3 nitrogen and oxygen atoms in total. The highest BCUT2D eigenvalue weighted by molar-refractivity contribution is 6.33. The van der Waals surface area contributed by atoms with Gasteiger partial charge < -0.3 is 9.52 Å². The molecule has 0 aliphatic heterocycles. The van der Waals surface area contributed by atoms with Gasteiger partial charge in [0, 0.05) is 10.9 Å². The molecule has 3 aromatic rings. The van der Waals surface area contributed by atoms with Crippen molar-refractivity contribution >= 4 is 28.5 Å². The van der Waals surface area contributed by atoms with Gasteiger partial charge in [-0.25, -0.2) is 4.79 Å². The summed E-state index contributed by atoms with van der Waals surface area (Å²) in [5.41, 5.74) is 2.69. The maximum Gasteiger partial charge on any atom is 0.337 e. The minimum absolute atomic E-state index is 0.0702. The number of halogens is 1. The van der Waals surface area contributed by atoms with Gasteiger partial charge in [-0.2, -0.15) is 0 Å². The fourth-order valence-electron chi connectivity index (χ4n) is 2.15. The number of fused-ring (bicyclic) bond motifs is 1. The first-order valence-corrected chi connectivity index (χ1v) is 6.46. The molecule has 0 amide bonds. The van der Waals surface area contributed by atoms with Crippen LogP contribution in [0, 0.1) is 6.92 Å². The number of aryl methyl sites for hydroxylation is 1. The summed E-state index contributed by atoms with van der Waals surface area (Å²) in [5.74, 6) is -0.423. The number of carboxylic acids is 1. The lowest BCUT2D eigenvalue weighted by molar-refractivity contribution is 0.0697. The third-order valence-electron chi connectivity index (χ3n) is 3.15. The van der Waals surface area contributed by atoms with Gasteiger partial charge >= 0.3 is 5.97 Å². The molecule has 1 heterocycles. The monoisotopic (exact) mass is 286 g/mol. The van der Waals surface area contributed by atoms with Crippen LogP contribution in [0.15, 0.2) is 46.9 Å². The Labute approximate surface area is 120 Å². The molecule has 0 saturated heterocycles. The largest absolute Gasteiger partial charge is 0.478 e. The van der Waals surface area contributed by atoms with E-state index < -0.39 is 5.97 Å². The van der Waals surface area contributed by atoms with Crippen molar-refractivity contribution in [3.63, 3.8) is 0 Å². The fraction of sp³-hybridized carbons (Fsp3) is 0.0625. The van der Waals surface area contributed by atoms with E-state index in [4.69, 9.17) is 21.1 Å². The maximum atomic E-state index is 11.1. The predicted molar refractivity (Wildman–Crippen MR) is 78.4 cm³/mol. The molecule has 0 bridgehead atoms. The summed E-state index contributed by atoms with van der Waals surface area (Å²) in [5, 5.41) is 10.3. The van der Waals surface area contributed by atoms with Gasteiger partial charge in [0.2, 0.25) is 0 Å². The average Bonchev–Trinajstić information content (AvgIpc) is 2.81. The second kappa shape index (κ2) is 4.69. The Bertz CT molecular complexity index is 818. The lowest BCUT2D eigenvalue weighted by Crippen LogP contribution is -1.97. The molecule has 0 atom stereocenters. The SMILES string of the molecule is Cc1ccc2oc(-c3ccc(Cl)c(C(=O)O)c3)cc2c1. The van der Waals surface area contributed by atoms with E-state index in [9.17, 15) is 4.79 Å². The first kappa shape index (κ1) is 12.8. The number of hydrogen-bond donors (Lipinski definition) is 1. The molecule has 0 unspecified atom stereocenters. The van der Waals surface area contributed by atoms with Gasteiger partial charge in [0.25, 0.3) is 0 Å². The molecule has 100 valence electrons. The van der Waals surface area contributed by atoms with E-state index in [-0.39, 0.29) is 10.6 Å². The van der Waals surface area contributed by atoms with Gasteiger partial charge in [-0.15, -0.1) is 0 Å². The molecule has 4 heteroatoms. The van der Waals surface area contributed by atoms with Crippen LogP contribution in [-0.4, -0.2) is 11.1 Å². The van der Waals surface area contributed by atoms with Crippen LogP contribution in [0.25, 0.3) is 22.3 Å². The van der Waals surface area contributed by atoms with Crippen LogP contribution in [0.2, 0.25) is 5.02 Å². The number of benzene rings is 2. The fourth-order valence-corrected chi connectivity index (χ4v) is 2.35. The van der Waals surface area contributed by atoms with Gasteiger partial charge in [0.05, 0.1) is 10.6 Å². The summed E-state index contributed by atoms with van der Waals surface area (Å²) in [7, 11) is 0. The smallest absolute Gasteiger partial charge is 0.337 e. The molecule has 0 aliphatic carbocycles. The highest BCUT2D eigenvalue weighted by atomic mass is 35.5. The number of carboxylic acid groups (broad SMARTS) is 1. The standard InChI is InChI=1S/C16H11ClO3/c1-9-2-5-14-11(6-9)8-15(20-14)10-3-4-13(17)12(7-10)16(18)19/h2-8H,1H3,(H,18,19). The first-order chi connectivity index (χ1) is 9.54. The molecule has 2 aromatic carbocycles. The van der Waals surface area contributed by atoms with Crippen LogP contribution >= 0.6 is 11.6 Å². The average molecular weight is 287 g/mol. The summed E-state index contributed by atoms with van der Waals surface area (Å²) in [6.07, 6.45) is 0. The topological polar surface area (TPSA) is 50.4 Å². The quantitative estimate of drug-likeness (QED) is 0.739. The van der Waals surface area contributed by atoms with Gasteiger partial charge in [-0.1, -0.05) is 23.2 Å². The van der Waals surface area contributed by atoms with E-state index in [0.717, 1.165) is 16.5 Å². The van der Waals surface area contributed by atoms with Crippen molar-refractivity contribution in [1.29, 1.82) is 0 Å². The van der Waals surface area contributed by atoms with Crippen molar-refractivity contribution in [3.8, 4) is 11.3 Å². The van der Waals surface area contributed by atoms with E-state index in [1.54, 1.807) is 12.1 Å². The van der Waals surface area contributed by atoms with E-state index in [1.165, 1.54) is 6.07 Å². The maximum absolute atomic E-state index is 11.1. The number of aromatic carboxylic acids is 1. The van der Waals surface area contributed by atoms with Crippen LogP contribution in [0.4, 0.5) is 0 Å². The Hall–Kier alpha value is -2.26. The molecule has 20 heavy (non-hydrogen) atoms. The van der Waals surface area contributed by atoms with Gasteiger partial charge in [0.15, 0.2) is 0 Å². The van der Waals surface area contributed by atoms with Gasteiger partial charge in [0.1, 0.15) is 11.3 Å². The Morgan fingerprint density at radius 1 is 1.15 bits per heavy atom. The van der Waals surface area contributed by atoms with Crippen LogP contribution in [0.1, 0.15) is 15.9 Å². The Morgan fingerprint density at radius 2 is 1.95 bits per heavy atom. The normalized spacial score (nSPS) is 10.9. The van der Waals surface area contributed by atoms with Crippen molar-refractivity contribution in [2.45, 2.75) is 6.92 Å². The molecular weight excluding hydrogens is 276 g/mol. The third kappa shape index (κ3) is 2.17. The first-order valence-electron chi connectivity index (χ1n) is 6.08. The van der Waals surface area contributed by atoms with E-state index in [1.807, 2.05) is 31.2 Å². The summed E-state index contributed by atoms with van der Waals surface area (Å²) in [6, 6.07) is 12.6. The molecule has 1 N–H and O–H groups in total. The lowest BCUT2D eigenvalue weighted by Gasteiger charge is -2.01. The minimum Gasteiger partial charge on any atom is -0.478 e. The Balaban J connectivity index is 2.15. The van der Waals surface area contributed by atoms with Crippen molar-refractivity contribution in [3.05, 3.63) is 58.6 Å². The number of carbonyl (C=O) groups is 1. The van der Waals surface area contributed by atoms with Crippen molar-refractivity contribution < 1.29 is 14.3 Å². The number of hydrogen-bond acceptors (Lipinski definition) is 2. The lowest BCUT2D eigenvalue weighted by atomic mass is 10.1. The molecule has 3 rings (SSSR count). The summed E-state index contributed by atoms with van der Waals surface area (Å²) < 4.78 is 5.75.